The number of nitrogens with one attached hydrogen (secondary N) is 3. The van der Waals surface area contributed by atoms with Gasteiger partial charge in [-0.1, -0.05) is 0 Å². The maximum atomic E-state index is 11.4. The average Bonchev–Trinajstić information content (AvgIpc) is 3.03. The lowest BCUT2D eigenvalue weighted by Gasteiger charge is -2.35. The molecule has 1 saturated carbocycles. The molecule has 22 heavy (non-hydrogen) atoms. The van der Waals surface area contributed by atoms with Gasteiger partial charge < -0.3 is 20.5 Å². The van der Waals surface area contributed by atoms with E-state index < -0.39 is 0 Å². The normalized spacial score (nSPS) is 21.5. The lowest BCUT2D eigenvalue weighted by atomic mass is 9.90. The third-order valence-corrected chi connectivity index (χ3v) is 4.47. The highest BCUT2D eigenvalue weighted by molar-refractivity contribution is 5.87. The SMILES string of the molecule is CNC(=O)N[C@H]1CC[C@H](N(C)c2ncnc3[nH]ccc23)CC1. The fraction of sp³-hybridized carbons (Fsp3) is 0.533. The van der Waals surface area contributed by atoms with E-state index in [0.29, 0.717) is 6.04 Å². The van der Waals surface area contributed by atoms with Gasteiger partial charge in [0.15, 0.2) is 0 Å². The molecule has 0 radical (unpaired) electrons. The van der Waals surface area contributed by atoms with Crippen molar-refractivity contribution in [3.05, 3.63) is 18.6 Å². The highest BCUT2D eigenvalue weighted by atomic mass is 16.2. The quantitative estimate of drug-likeness (QED) is 0.804. The first-order valence-corrected chi connectivity index (χ1v) is 7.68. The van der Waals surface area contributed by atoms with Gasteiger partial charge >= 0.3 is 6.03 Å². The Kier molecular flexibility index (Phi) is 4.13. The molecule has 1 fully saturated rings. The summed E-state index contributed by atoms with van der Waals surface area (Å²) in [6, 6.07) is 2.62. The van der Waals surface area contributed by atoms with Gasteiger partial charge in [0.2, 0.25) is 0 Å². The molecule has 0 unspecified atom stereocenters. The molecule has 0 spiro atoms. The summed E-state index contributed by atoms with van der Waals surface area (Å²) >= 11 is 0. The van der Waals surface area contributed by atoms with Crippen LogP contribution >= 0.6 is 0 Å². The predicted molar refractivity (Wildman–Crippen MR) is 85.9 cm³/mol. The lowest BCUT2D eigenvalue weighted by Crippen LogP contribution is -2.45. The number of carbonyl (C=O) groups excluding carboxylic acids is 1. The Balaban J connectivity index is 1.66. The number of rotatable bonds is 3. The van der Waals surface area contributed by atoms with Crippen molar-refractivity contribution >= 4 is 22.9 Å². The van der Waals surface area contributed by atoms with Crippen LogP contribution in [0, 0.1) is 0 Å². The Hall–Kier alpha value is -2.31. The smallest absolute Gasteiger partial charge is 0.314 e. The van der Waals surface area contributed by atoms with Crippen LogP contribution in [-0.4, -0.2) is 47.2 Å². The van der Waals surface area contributed by atoms with E-state index in [1.54, 1.807) is 13.4 Å². The van der Waals surface area contributed by atoms with Crippen molar-refractivity contribution in [3.8, 4) is 0 Å². The lowest BCUT2D eigenvalue weighted by molar-refractivity contribution is 0.233. The number of amides is 2. The standard InChI is InChI=1S/C15H22N6O/c1-16-15(22)20-10-3-5-11(6-4-10)21(2)14-12-7-8-17-13(12)18-9-19-14/h7-11H,3-6H2,1-2H3,(H2,16,20,22)(H,17,18,19)/t10-,11-. The largest absolute Gasteiger partial charge is 0.356 e. The number of fused-ring (bicyclic) bond motifs is 1. The van der Waals surface area contributed by atoms with Crippen LogP contribution in [0.25, 0.3) is 11.0 Å². The molecule has 2 aromatic rings. The molecule has 7 nitrogen and oxygen atoms in total. The van der Waals surface area contributed by atoms with E-state index in [2.05, 4.69) is 37.5 Å². The first kappa shape index (κ1) is 14.6. The number of hydrogen-bond acceptors (Lipinski definition) is 4. The van der Waals surface area contributed by atoms with Crippen LogP contribution in [-0.2, 0) is 0 Å². The molecule has 1 aliphatic rings. The van der Waals surface area contributed by atoms with Crippen LogP contribution in [0.1, 0.15) is 25.7 Å². The van der Waals surface area contributed by atoms with Crippen molar-refractivity contribution in [2.45, 2.75) is 37.8 Å². The molecule has 0 saturated heterocycles. The van der Waals surface area contributed by atoms with E-state index >= 15 is 0 Å². The van der Waals surface area contributed by atoms with Gasteiger partial charge in [-0.25, -0.2) is 14.8 Å². The summed E-state index contributed by atoms with van der Waals surface area (Å²) in [6.45, 7) is 0. The highest BCUT2D eigenvalue weighted by Crippen LogP contribution is 2.28. The molecule has 3 rings (SSSR count). The second-order valence-corrected chi connectivity index (χ2v) is 5.78. The molecular weight excluding hydrogens is 280 g/mol. The first-order valence-electron chi connectivity index (χ1n) is 7.68. The maximum absolute atomic E-state index is 11.4. The Bertz CT molecular complexity index is 646. The van der Waals surface area contributed by atoms with Crippen LogP contribution in [0.4, 0.5) is 10.6 Å². The number of H-pyrrole nitrogens is 1. The van der Waals surface area contributed by atoms with Gasteiger partial charge in [0.05, 0.1) is 5.39 Å². The molecular formula is C15H22N6O. The minimum absolute atomic E-state index is 0.0957. The average molecular weight is 302 g/mol. The molecule has 3 N–H and O–H groups in total. The Morgan fingerprint density at radius 2 is 2.09 bits per heavy atom. The van der Waals surface area contributed by atoms with Crippen LogP contribution < -0.4 is 15.5 Å². The second-order valence-electron chi connectivity index (χ2n) is 5.78. The zero-order valence-electron chi connectivity index (χ0n) is 13.0. The fourth-order valence-electron chi connectivity index (χ4n) is 3.18. The zero-order chi connectivity index (χ0) is 15.5. The van der Waals surface area contributed by atoms with Gasteiger partial charge in [-0.15, -0.1) is 0 Å². The number of hydrogen-bond donors (Lipinski definition) is 3. The summed E-state index contributed by atoms with van der Waals surface area (Å²) in [5.74, 6) is 0.967. The van der Waals surface area contributed by atoms with Gasteiger partial charge in [-0.3, -0.25) is 0 Å². The summed E-state index contributed by atoms with van der Waals surface area (Å²) in [4.78, 5) is 25.4. The molecule has 1 aliphatic carbocycles. The number of carbonyl (C=O) groups is 1. The van der Waals surface area contributed by atoms with Gasteiger partial charge in [-0.2, -0.15) is 0 Å². The molecule has 0 aromatic carbocycles. The van der Waals surface area contributed by atoms with Crippen LogP contribution in [0.3, 0.4) is 0 Å². The van der Waals surface area contributed by atoms with Gasteiger partial charge in [0.25, 0.3) is 0 Å². The number of anilines is 1. The third-order valence-electron chi connectivity index (χ3n) is 4.47. The first-order chi connectivity index (χ1) is 10.7. The summed E-state index contributed by atoms with van der Waals surface area (Å²) in [5.41, 5.74) is 0.867. The van der Waals surface area contributed by atoms with E-state index in [0.717, 1.165) is 42.5 Å². The summed E-state index contributed by atoms with van der Waals surface area (Å²) in [5, 5.41) is 6.65. The number of aromatic amines is 1. The van der Waals surface area contributed by atoms with Crippen LogP contribution in [0.2, 0.25) is 0 Å². The summed E-state index contributed by atoms with van der Waals surface area (Å²) in [6.07, 6.45) is 7.56. The topological polar surface area (TPSA) is 85.9 Å². The van der Waals surface area contributed by atoms with Crippen LogP contribution in [0.15, 0.2) is 18.6 Å². The van der Waals surface area contributed by atoms with Crippen LogP contribution in [0.5, 0.6) is 0 Å². The molecule has 2 amide bonds. The number of urea groups is 1. The van der Waals surface area contributed by atoms with Crippen molar-refractivity contribution in [3.63, 3.8) is 0 Å². The fourth-order valence-corrected chi connectivity index (χ4v) is 3.18. The molecule has 2 aromatic heterocycles. The van der Waals surface area contributed by atoms with Crippen molar-refractivity contribution < 1.29 is 4.79 Å². The van der Waals surface area contributed by atoms with Crippen molar-refractivity contribution in [2.24, 2.45) is 0 Å². The van der Waals surface area contributed by atoms with Crippen molar-refractivity contribution in [1.29, 1.82) is 0 Å². The minimum atomic E-state index is -0.0957. The van der Waals surface area contributed by atoms with Crippen molar-refractivity contribution in [2.75, 3.05) is 19.0 Å². The summed E-state index contributed by atoms with van der Waals surface area (Å²) in [7, 11) is 3.73. The van der Waals surface area contributed by atoms with E-state index in [4.69, 9.17) is 0 Å². The second kappa shape index (κ2) is 6.21. The minimum Gasteiger partial charge on any atom is -0.356 e. The highest BCUT2D eigenvalue weighted by Gasteiger charge is 2.26. The maximum Gasteiger partial charge on any atom is 0.314 e. The number of nitrogens with zero attached hydrogens (tertiary/aromatic N) is 3. The monoisotopic (exact) mass is 302 g/mol. The zero-order valence-corrected chi connectivity index (χ0v) is 13.0. The Labute approximate surface area is 129 Å². The molecule has 0 aliphatic heterocycles. The molecule has 2 heterocycles. The Morgan fingerprint density at radius 1 is 1.32 bits per heavy atom. The number of aromatic nitrogens is 3. The van der Waals surface area contributed by atoms with Gasteiger partial charge in [0.1, 0.15) is 17.8 Å². The van der Waals surface area contributed by atoms with E-state index in [1.807, 2.05) is 12.3 Å². The third kappa shape index (κ3) is 2.84. The van der Waals surface area contributed by atoms with Gasteiger partial charge in [0, 0.05) is 32.4 Å². The molecule has 0 bridgehead atoms. The predicted octanol–water partition coefficient (Wildman–Crippen LogP) is 1.63. The van der Waals surface area contributed by atoms with Gasteiger partial charge in [-0.05, 0) is 31.7 Å². The molecule has 118 valence electrons. The van der Waals surface area contributed by atoms with E-state index in [9.17, 15) is 4.79 Å². The molecule has 0 atom stereocenters. The summed E-state index contributed by atoms with van der Waals surface area (Å²) < 4.78 is 0. The van der Waals surface area contributed by atoms with E-state index in [1.165, 1.54) is 0 Å². The van der Waals surface area contributed by atoms with E-state index in [-0.39, 0.29) is 12.1 Å². The Morgan fingerprint density at radius 3 is 2.82 bits per heavy atom. The van der Waals surface area contributed by atoms with Crippen molar-refractivity contribution in [1.82, 2.24) is 25.6 Å². The molecule has 7 heteroatoms.